The van der Waals surface area contributed by atoms with E-state index in [9.17, 15) is 0 Å². The van der Waals surface area contributed by atoms with Crippen LogP contribution in [0.4, 0.5) is 0 Å². The van der Waals surface area contributed by atoms with Crippen LogP contribution in [0.25, 0.3) is 0 Å². The molecule has 1 aromatic heterocycles. The van der Waals surface area contributed by atoms with Gasteiger partial charge >= 0.3 is 0 Å². The Morgan fingerprint density at radius 3 is 2.84 bits per heavy atom. The number of halogens is 1. The topological polar surface area (TPSA) is 55.1 Å². The van der Waals surface area contributed by atoms with Crippen molar-refractivity contribution in [1.82, 2.24) is 4.98 Å². The third kappa shape index (κ3) is 3.15. The van der Waals surface area contributed by atoms with Crippen LogP contribution >= 0.6 is 11.6 Å². The molecule has 2 aromatic rings. The first-order valence-corrected chi connectivity index (χ1v) is 5.92. The van der Waals surface area contributed by atoms with Gasteiger partial charge in [-0.2, -0.15) is 5.26 Å². The van der Waals surface area contributed by atoms with Crippen molar-refractivity contribution in [3.8, 4) is 17.6 Å². The Bertz CT molecular complexity index is 609. The summed E-state index contributed by atoms with van der Waals surface area (Å²) in [5.41, 5.74) is 1.21. The molecular formula is C14H11ClN2O2. The average molecular weight is 275 g/mol. The van der Waals surface area contributed by atoms with Gasteiger partial charge in [-0.25, -0.2) is 0 Å². The zero-order valence-electron chi connectivity index (χ0n) is 10.3. The monoisotopic (exact) mass is 274 g/mol. The molecule has 5 heteroatoms. The first kappa shape index (κ1) is 13.2. The molecule has 0 saturated carbocycles. The predicted octanol–water partition coefficient (Wildman–Crippen LogP) is 3.19. The second-order valence-corrected chi connectivity index (χ2v) is 4.12. The van der Waals surface area contributed by atoms with Gasteiger partial charge in [0.25, 0.3) is 0 Å². The Balaban J connectivity index is 2.23. The van der Waals surface area contributed by atoms with E-state index in [0.717, 1.165) is 5.69 Å². The fourth-order valence-electron chi connectivity index (χ4n) is 1.55. The number of aromatic nitrogens is 1. The summed E-state index contributed by atoms with van der Waals surface area (Å²) < 4.78 is 10.8. The van der Waals surface area contributed by atoms with Crippen LogP contribution in [0.3, 0.4) is 0 Å². The van der Waals surface area contributed by atoms with Crippen molar-refractivity contribution in [3.05, 3.63) is 52.8 Å². The van der Waals surface area contributed by atoms with Crippen LogP contribution in [-0.2, 0) is 6.61 Å². The van der Waals surface area contributed by atoms with Gasteiger partial charge in [-0.05, 0) is 18.2 Å². The summed E-state index contributed by atoms with van der Waals surface area (Å²) in [6, 6.07) is 10.7. The van der Waals surface area contributed by atoms with Gasteiger partial charge in [-0.15, -0.1) is 0 Å². The maximum Gasteiger partial charge on any atom is 0.180 e. The van der Waals surface area contributed by atoms with Gasteiger partial charge in [0, 0.05) is 12.3 Å². The van der Waals surface area contributed by atoms with Gasteiger partial charge in [0.05, 0.1) is 29.5 Å². The largest absolute Gasteiger partial charge is 0.493 e. The minimum atomic E-state index is 0.281. The molecule has 1 aromatic carbocycles. The summed E-state index contributed by atoms with van der Waals surface area (Å²) in [4.78, 5) is 4.15. The van der Waals surface area contributed by atoms with Crippen LogP contribution in [0, 0.1) is 11.3 Å². The summed E-state index contributed by atoms with van der Waals surface area (Å²) in [5.74, 6) is 0.841. The molecule has 0 aliphatic heterocycles. The molecule has 0 atom stereocenters. The smallest absolute Gasteiger partial charge is 0.180 e. The predicted molar refractivity (Wildman–Crippen MR) is 71.3 cm³/mol. The molecule has 0 bridgehead atoms. The van der Waals surface area contributed by atoms with Gasteiger partial charge in [-0.1, -0.05) is 17.7 Å². The molecule has 2 rings (SSSR count). The van der Waals surface area contributed by atoms with E-state index in [1.807, 2.05) is 24.3 Å². The number of pyridine rings is 1. The van der Waals surface area contributed by atoms with Gasteiger partial charge < -0.3 is 9.47 Å². The second-order valence-electron chi connectivity index (χ2n) is 3.71. The summed E-state index contributed by atoms with van der Waals surface area (Å²) in [7, 11) is 1.50. The van der Waals surface area contributed by atoms with Crippen molar-refractivity contribution in [2.45, 2.75) is 6.61 Å². The van der Waals surface area contributed by atoms with E-state index in [1.165, 1.54) is 13.2 Å². The Kier molecular flexibility index (Phi) is 4.22. The van der Waals surface area contributed by atoms with Crippen LogP contribution in [0.15, 0.2) is 36.5 Å². The van der Waals surface area contributed by atoms with Crippen LogP contribution in [0.5, 0.6) is 11.5 Å². The molecule has 0 saturated heterocycles. The summed E-state index contributed by atoms with van der Waals surface area (Å²) in [5, 5.41) is 9.21. The number of ether oxygens (including phenoxy) is 2. The summed E-state index contributed by atoms with van der Waals surface area (Å²) in [6.45, 7) is 0.281. The van der Waals surface area contributed by atoms with Crippen molar-refractivity contribution in [2.24, 2.45) is 0 Å². The first-order chi connectivity index (χ1) is 9.24. The van der Waals surface area contributed by atoms with E-state index in [-0.39, 0.29) is 6.61 Å². The van der Waals surface area contributed by atoms with Gasteiger partial charge in [0.15, 0.2) is 11.5 Å². The van der Waals surface area contributed by atoms with E-state index in [2.05, 4.69) is 4.98 Å². The Hall–Kier alpha value is -2.25. The number of nitriles is 1. The molecule has 96 valence electrons. The molecule has 1 heterocycles. The van der Waals surface area contributed by atoms with Crippen LogP contribution in [0.2, 0.25) is 5.02 Å². The maximum atomic E-state index is 8.87. The van der Waals surface area contributed by atoms with Crippen molar-refractivity contribution < 1.29 is 9.47 Å². The molecular weight excluding hydrogens is 264 g/mol. The molecule has 0 unspecified atom stereocenters. The van der Waals surface area contributed by atoms with Crippen molar-refractivity contribution in [2.75, 3.05) is 7.11 Å². The van der Waals surface area contributed by atoms with E-state index in [4.69, 9.17) is 26.3 Å². The van der Waals surface area contributed by atoms with E-state index >= 15 is 0 Å². The first-order valence-electron chi connectivity index (χ1n) is 5.55. The lowest BCUT2D eigenvalue weighted by Gasteiger charge is -2.12. The molecule has 19 heavy (non-hydrogen) atoms. The Morgan fingerprint density at radius 2 is 2.21 bits per heavy atom. The van der Waals surface area contributed by atoms with Crippen LogP contribution < -0.4 is 9.47 Å². The van der Waals surface area contributed by atoms with Crippen LogP contribution in [0.1, 0.15) is 11.3 Å². The number of hydrogen-bond acceptors (Lipinski definition) is 4. The fraction of sp³-hybridized carbons (Fsp3) is 0.143. The molecule has 0 spiro atoms. The van der Waals surface area contributed by atoms with E-state index in [0.29, 0.717) is 22.1 Å². The Labute approximate surface area is 116 Å². The van der Waals surface area contributed by atoms with E-state index < -0.39 is 0 Å². The molecule has 0 amide bonds. The minimum Gasteiger partial charge on any atom is -0.493 e. The second kappa shape index (κ2) is 6.07. The summed E-state index contributed by atoms with van der Waals surface area (Å²) >= 11 is 6.08. The lowest BCUT2D eigenvalue weighted by atomic mass is 10.2. The quantitative estimate of drug-likeness (QED) is 0.859. The highest BCUT2D eigenvalue weighted by molar-refractivity contribution is 6.32. The zero-order chi connectivity index (χ0) is 13.7. The highest BCUT2D eigenvalue weighted by Gasteiger charge is 2.12. The molecule has 0 fully saturated rings. The lowest BCUT2D eigenvalue weighted by Crippen LogP contribution is -2.00. The number of methoxy groups -OCH3 is 1. The van der Waals surface area contributed by atoms with Crippen molar-refractivity contribution in [3.63, 3.8) is 0 Å². The number of rotatable bonds is 4. The third-order valence-electron chi connectivity index (χ3n) is 2.45. The van der Waals surface area contributed by atoms with Crippen molar-refractivity contribution >= 4 is 11.6 Å². The SMILES string of the molecule is COc1cc(C#N)cc(Cl)c1OCc1ccccn1. The highest BCUT2D eigenvalue weighted by atomic mass is 35.5. The standard InChI is InChI=1S/C14H11ClN2O2/c1-18-13-7-10(8-16)6-12(15)14(13)19-9-11-4-2-3-5-17-11/h2-7H,9H2,1H3. The normalized spacial score (nSPS) is 9.74. The summed E-state index contributed by atoms with van der Waals surface area (Å²) in [6.07, 6.45) is 1.69. The fourth-order valence-corrected chi connectivity index (χ4v) is 1.82. The van der Waals surface area contributed by atoms with Crippen molar-refractivity contribution in [1.29, 1.82) is 5.26 Å². The number of nitrogens with zero attached hydrogens (tertiary/aromatic N) is 2. The van der Waals surface area contributed by atoms with Gasteiger partial charge in [-0.3, -0.25) is 4.98 Å². The lowest BCUT2D eigenvalue weighted by molar-refractivity contribution is 0.281. The molecule has 0 radical (unpaired) electrons. The molecule has 0 aliphatic carbocycles. The van der Waals surface area contributed by atoms with Gasteiger partial charge in [0.1, 0.15) is 6.61 Å². The maximum absolute atomic E-state index is 8.87. The van der Waals surface area contributed by atoms with Crippen LogP contribution in [-0.4, -0.2) is 12.1 Å². The highest BCUT2D eigenvalue weighted by Crippen LogP contribution is 2.36. The third-order valence-corrected chi connectivity index (χ3v) is 2.73. The Morgan fingerprint density at radius 1 is 1.37 bits per heavy atom. The number of benzene rings is 1. The molecule has 0 aliphatic rings. The zero-order valence-corrected chi connectivity index (χ0v) is 11.0. The average Bonchev–Trinajstić information content (AvgIpc) is 2.46. The number of hydrogen-bond donors (Lipinski definition) is 0. The molecule has 4 nitrogen and oxygen atoms in total. The van der Waals surface area contributed by atoms with Gasteiger partial charge in [0.2, 0.25) is 0 Å². The minimum absolute atomic E-state index is 0.281. The van der Waals surface area contributed by atoms with E-state index in [1.54, 1.807) is 12.3 Å². The molecule has 0 N–H and O–H groups in total.